The predicted octanol–water partition coefficient (Wildman–Crippen LogP) is 3.46. The second kappa shape index (κ2) is 3.96. The van der Waals surface area contributed by atoms with E-state index in [1.807, 2.05) is 0 Å². The smallest absolute Gasteiger partial charge is 0.201 e. The molecule has 0 bridgehead atoms. The first kappa shape index (κ1) is 11.2. The molecule has 15 heavy (non-hydrogen) atoms. The Morgan fingerprint density at radius 3 is 2.13 bits per heavy atom. The van der Waals surface area contributed by atoms with Crippen LogP contribution in [-0.4, -0.2) is 5.78 Å². The Kier molecular flexibility index (Phi) is 2.96. The van der Waals surface area contributed by atoms with Gasteiger partial charge in [0.25, 0.3) is 0 Å². The monoisotopic (exact) mass is 392 g/mol. The molecule has 0 spiro atoms. The van der Waals surface area contributed by atoms with Crippen molar-refractivity contribution in [3.05, 3.63) is 48.5 Å². The summed E-state index contributed by atoms with van der Waals surface area (Å²) in [4.78, 5) is 23.2. The van der Waals surface area contributed by atoms with Crippen molar-refractivity contribution >= 4 is 58.1 Å². The molecule has 0 heterocycles. The summed E-state index contributed by atoms with van der Waals surface area (Å²) in [5, 5.41) is 0. The summed E-state index contributed by atoms with van der Waals surface area (Å²) in [6.07, 6.45) is 0. The SMILES string of the molecule is O=C1C(Br)=C(Br)c2cc(=O)cc(Br)cc21. The largest absolute Gasteiger partial charge is 0.290 e. The Bertz CT molecular complexity index is 561. The highest BCUT2D eigenvalue weighted by molar-refractivity contribution is 9.16. The highest BCUT2D eigenvalue weighted by atomic mass is 79.9. The first-order chi connectivity index (χ1) is 7.00. The quantitative estimate of drug-likeness (QED) is 0.675. The van der Waals surface area contributed by atoms with Crippen LogP contribution in [0.4, 0.5) is 0 Å². The van der Waals surface area contributed by atoms with E-state index in [-0.39, 0.29) is 11.2 Å². The van der Waals surface area contributed by atoms with Crippen LogP contribution in [0.25, 0.3) is 4.48 Å². The average Bonchev–Trinajstić information content (AvgIpc) is 2.36. The highest BCUT2D eigenvalue weighted by Gasteiger charge is 2.26. The van der Waals surface area contributed by atoms with Gasteiger partial charge >= 0.3 is 0 Å². The van der Waals surface area contributed by atoms with Crippen LogP contribution in [-0.2, 0) is 0 Å². The molecule has 1 aliphatic rings. The number of halogens is 3. The number of carbonyl (C=O) groups is 1. The Morgan fingerprint density at radius 1 is 0.800 bits per heavy atom. The number of ketones is 1. The van der Waals surface area contributed by atoms with Gasteiger partial charge in [-0.15, -0.1) is 0 Å². The van der Waals surface area contributed by atoms with Crippen molar-refractivity contribution in [1.29, 1.82) is 0 Å². The molecule has 0 fully saturated rings. The number of fused-ring (bicyclic) bond motifs is 1. The predicted molar refractivity (Wildman–Crippen MR) is 69.5 cm³/mol. The molecular formula is C10H3Br3O2. The lowest BCUT2D eigenvalue weighted by Crippen LogP contribution is -1.93. The molecule has 0 N–H and O–H groups in total. The first-order valence-corrected chi connectivity index (χ1v) is 6.34. The Hall–Kier alpha value is -0.260. The molecule has 5 heteroatoms. The lowest BCUT2D eigenvalue weighted by atomic mass is 10.2. The number of Topliss-reactive ketones (excluding diaryl/α,β-unsaturated/α-hetero) is 1. The number of carbonyl (C=O) groups excluding carboxylic acids is 1. The maximum absolute atomic E-state index is 11.8. The van der Waals surface area contributed by atoms with E-state index in [2.05, 4.69) is 47.8 Å². The van der Waals surface area contributed by atoms with Gasteiger partial charge in [0.1, 0.15) is 0 Å². The van der Waals surface area contributed by atoms with Gasteiger partial charge in [-0.2, -0.15) is 0 Å². The minimum Gasteiger partial charge on any atom is -0.290 e. The van der Waals surface area contributed by atoms with Crippen LogP contribution in [0.15, 0.2) is 31.9 Å². The van der Waals surface area contributed by atoms with Gasteiger partial charge < -0.3 is 0 Å². The van der Waals surface area contributed by atoms with Gasteiger partial charge in [-0.3, -0.25) is 9.59 Å². The van der Waals surface area contributed by atoms with E-state index in [0.29, 0.717) is 24.6 Å². The number of hydrogen-bond acceptors (Lipinski definition) is 2. The van der Waals surface area contributed by atoms with E-state index >= 15 is 0 Å². The summed E-state index contributed by atoms with van der Waals surface area (Å²) in [6.45, 7) is 0. The molecule has 0 saturated heterocycles. The number of hydrogen-bond donors (Lipinski definition) is 0. The molecule has 0 radical (unpaired) electrons. The minimum atomic E-state index is -0.143. The van der Waals surface area contributed by atoms with Crippen molar-refractivity contribution in [1.82, 2.24) is 0 Å². The van der Waals surface area contributed by atoms with Crippen molar-refractivity contribution in [2.24, 2.45) is 0 Å². The van der Waals surface area contributed by atoms with Gasteiger partial charge in [0.15, 0.2) is 5.43 Å². The molecule has 0 atom stereocenters. The second-order valence-electron chi connectivity index (χ2n) is 3.00. The van der Waals surface area contributed by atoms with Crippen molar-refractivity contribution in [2.75, 3.05) is 0 Å². The average molecular weight is 395 g/mol. The molecule has 2 rings (SSSR count). The zero-order valence-electron chi connectivity index (χ0n) is 7.18. The molecular weight excluding hydrogens is 392 g/mol. The molecule has 2 nitrogen and oxygen atoms in total. The van der Waals surface area contributed by atoms with Crippen molar-refractivity contribution in [3.63, 3.8) is 0 Å². The summed E-state index contributed by atoms with van der Waals surface area (Å²) >= 11 is 9.67. The van der Waals surface area contributed by atoms with Gasteiger partial charge in [0.05, 0.1) is 4.48 Å². The summed E-state index contributed by atoms with van der Waals surface area (Å²) in [7, 11) is 0. The molecule has 1 aromatic carbocycles. The molecule has 0 amide bonds. The maximum atomic E-state index is 11.8. The summed E-state index contributed by atoms with van der Waals surface area (Å²) in [5.74, 6) is -0.117. The standard InChI is InChI=1S/C10H3Br3O2/c11-4-1-5(14)3-6-7(2-4)10(15)9(13)8(6)12/h1-3H. The van der Waals surface area contributed by atoms with Crippen LogP contribution in [0.3, 0.4) is 0 Å². The molecule has 0 unspecified atom stereocenters. The van der Waals surface area contributed by atoms with Crippen LogP contribution < -0.4 is 5.43 Å². The third kappa shape index (κ3) is 1.88. The third-order valence-electron chi connectivity index (χ3n) is 2.01. The van der Waals surface area contributed by atoms with Crippen molar-refractivity contribution in [3.8, 4) is 0 Å². The van der Waals surface area contributed by atoms with Gasteiger partial charge in [-0.1, -0.05) is 15.9 Å². The van der Waals surface area contributed by atoms with Crippen LogP contribution >= 0.6 is 47.8 Å². The van der Waals surface area contributed by atoms with E-state index in [4.69, 9.17) is 0 Å². The fourth-order valence-corrected chi connectivity index (χ4v) is 2.75. The van der Waals surface area contributed by atoms with Gasteiger partial charge in [0, 0.05) is 20.1 Å². The van der Waals surface area contributed by atoms with Crippen LogP contribution in [0, 0.1) is 0 Å². The molecule has 1 aromatic rings. The number of rotatable bonds is 0. The van der Waals surface area contributed by atoms with Gasteiger partial charge in [-0.05, 0) is 50.1 Å². The normalized spacial score (nSPS) is 14.5. The summed E-state index contributed by atoms with van der Waals surface area (Å²) in [6, 6.07) is 4.52. The second-order valence-corrected chi connectivity index (χ2v) is 5.51. The van der Waals surface area contributed by atoms with E-state index < -0.39 is 0 Å². The zero-order chi connectivity index (χ0) is 11.2. The maximum Gasteiger partial charge on any atom is 0.201 e. The van der Waals surface area contributed by atoms with Gasteiger partial charge in [-0.25, -0.2) is 0 Å². The fraction of sp³-hybridized carbons (Fsp3) is 0. The Balaban J connectivity index is 2.88. The minimum absolute atomic E-state index is 0.117. The zero-order valence-corrected chi connectivity index (χ0v) is 11.9. The lowest BCUT2D eigenvalue weighted by molar-refractivity contribution is 0.104. The summed E-state index contributed by atoms with van der Waals surface area (Å²) < 4.78 is 1.68. The number of allylic oxidation sites excluding steroid dienone is 1. The Morgan fingerprint density at radius 2 is 1.47 bits per heavy atom. The highest BCUT2D eigenvalue weighted by Crippen LogP contribution is 2.39. The Labute approximate surface area is 111 Å². The summed E-state index contributed by atoms with van der Waals surface area (Å²) in [5.41, 5.74) is 1.00. The van der Waals surface area contributed by atoms with Crippen LogP contribution in [0.1, 0.15) is 15.9 Å². The third-order valence-corrected chi connectivity index (χ3v) is 4.58. The van der Waals surface area contributed by atoms with E-state index in [1.54, 1.807) is 6.07 Å². The topological polar surface area (TPSA) is 34.1 Å². The van der Waals surface area contributed by atoms with E-state index in [9.17, 15) is 9.59 Å². The van der Waals surface area contributed by atoms with Crippen LogP contribution in [0.5, 0.6) is 0 Å². The van der Waals surface area contributed by atoms with Crippen LogP contribution in [0.2, 0.25) is 0 Å². The molecule has 0 aromatic heterocycles. The molecule has 76 valence electrons. The molecule has 1 aliphatic carbocycles. The lowest BCUT2D eigenvalue weighted by Gasteiger charge is -1.90. The van der Waals surface area contributed by atoms with E-state index in [1.165, 1.54) is 12.1 Å². The fourth-order valence-electron chi connectivity index (χ4n) is 1.36. The molecule has 0 aliphatic heterocycles. The van der Waals surface area contributed by atoms with E-state index in [0.717, 1.165) is 0 Å². The molecule has 0 saturated carbocycles. The van der Waals surface area contributed by atoms with Gasteiger partial charge in [0.2, 0.25) is 5.78 Å². The van der Waals surface area contributed by atoms with Crippen molar-refractivity contribution in [2.45, 2.75) is 0 Å². The first-order valence-electron chi connectivity index (χ1n) is 3.96. The van der Waals surface area contributed by atoms with Crippen molar-refractivity contribution < 1.29 is 4.79 Å².